The maximum atomic E-state index is 12.5. The number of amides is 1. The summed E-state index contributed by atoms with van der Waals surface area (Å²) in [5.41, 5.74) is 0. The Hall–Kier alpha value is -1.99. The standard InChI is InChI=1S/C15H19ClN6O/c1-11(15(23)20-14-5-4-12(16)7-18-14)22-6-2-3-13(22)8-21-10-17-9-19-21/h4-5,7,9-11,13H,2-3,6,8H2,1H3,(H,18,20,23). The quantitative estimate of drug-likeness (QED) is 0.902. The second kappa shape index (κ2) is 7.06. The molecule has 2 aromatic rings. The first-order chi connectivity index (χ1) is 11.1. The average molecular weight is 335 g/mol. The van der Waals surface area contributed by atoms with Gasteiger partial charge in [0.1, 0.15) is 18.5 Å². The number of aromatic nitrogens is 4. The molecule has 1 saturated heterocycles. The van der Waals surface area contributed by atoms with Gasteiger partial charge in [-0.3, -0.25) is 14.4 Å². The summed E-state index contributed by atoms with van der Waals surface area (Å²) < 4.78 is 1.81. The van der Waals surface area contributed by atoms with Gasteiger partial charge in [-0.05, 0) is 38.4 Å². The van der Waals surface area contributed by atoms with Crippen LogP contribution in [0.2, 0.25) is 5.02 Å². The van der Waals surface area contributed by atoms with Gasteiger partial charge in [0, 0.05) is 12.2 Å². The predicted octanol–water partition coefficient (Wildman–Crippen LogP) is 1.82. The molecule has 1 amide bonds. The number of hydrogen-bond donors (Lipinski definition) is 1. The normalized spacial score (nSPS) is 19.7. The summed E-state index contributed by atoms with van der Waals surface area (Å²) in [6.45, 7) is 3.57. The van der Waals surface area contributed by atoms with Crippen molar-refractivity contribution in [3.05, 3.63) is 36.0 Å². The maximum absolute atomic E-state index is 12.5. The fraction of sp³-hybridized carbons (Fsp3) is 0.467. The Morgan fingerprint density at radius 1 is 1.52 bits per heavy atom. The molecule has 2 aromatic heterocycles. The lowest BCUT2D eigenvalue weighted by atomic mass is 10.2. The lowest BCUT2D eigenvalue weighted by molar-refractivity contribution is -0.121. The second-order valence-corrected chi connectivity index (χ2v) is 6.11. The topological polar surface area (TPSA) is 75.9 Å². The first kappa shape index (κ1) is 15.9. The first-order valence-electron chi connectivity index (χ1n) is 7.64. The van der Waals surface area contributed by atoms with Gasteiger partial charge in [-0.1, -0.05) is 11.6 Å². The predicted molar refractivity (Wildman–Crippen MR) is 87.1 cm³/mol. The Kier molecular flexibility index (Phi) is 4.88. The number of carbonyl (C=O) groups is 1. The molecule has 23 heavy (non-hydrogen) atoms. The van der Waals surface area contributed by atoms with E-state index < -0.39 is 0 Å². The molecular weight excluding hydrogens is 316 g/mol. The Balaban J connectivity index is 1.62. The summed E-state index contributed by atoms with van der Waals surface area (Å²) in [5.74, 6) is 0.448. The zero-order chi connectivity index (χ0) is 16.2. The molecule has 0 radical (unpaired) electrons. The number of pyridine rings is 1. The van der Waals surface area contributed by atoms with Crippen molar-refractivity contribution in [3.63, 3.8) is 0 Å². The highest BCUT2D eigenvalue weighted by atomic mass is 35.5. The van der Waals surface area contributed by atoms with Crippen LogP contribution in [0.25, 0.3) is 0 Å². The molecule has 8 heteroatoms. The van der Waals surface area contributed by atoms with Crippen molar-refractivity contribution >= 4 is 23.3 Å². The molecule has 3 rings (SSSR count). The third-order valence-electron chi connectivity index (χ3n) is 4.14. The summed E-state index contributed by atoms with van der Waals surface area (Å²) in [6, 6.07) is 3.46. The summed E-state index contributed by atoms with van der Waals surface area (Å²) in [5, 5.41) is 7.54. The van der Waals surface area contributed by atoms with Crippen LogP contribution in [0, 0.1) is 0 Å². The van der Waals surface area contributed by atoms with Crippen molar-refractivity contribution in [3.8, 4) is 0 Å². The van der Waals surface area contributed by atoms with E-state index in [-0.39, 0.29) is 18.0 Å². The van der Waals surface area contributed by atoms with Gasteiger partial charge in [0.15, 0.2) is 0 Å². The summed E-state index contributed by atoms with van der Waals surface area (Å²) >= 11 is 5.80. The summed E-state index contributed by atoms with van der Waals surface area (Å²) in [6.07, 6.45) is 6.89. The first-order valence-corrected chi connectivity index (χ1v) is 8.02. The zero-order valence-electron chi connectivity index (χ0n) is 12.9. The Morgan fingerprint density at radius 3 is 3.09 bits per heavy atom. The Bertz CT molecular complexity index is 644. The van der Waals surface area contributed by atoms with E-state index in [1.165, 1.54) is 12.5 Å². The van der Waals surface area contributed by atoms with E-state index in [0.29, 0.717) is 10.8 Å². The van der Waals surface area contributed by atoms with E-state index in [1.54, 1.807) is 18.5 Å². The number of nitrogens with one attached hydrogen (secondary N) is 1. The van der Waals surface area contributed by atoms with Crippen molar-refractivity contribution in [2.24, 2.45) is 0 Å². The number of likely N-dealkylation sites (tertiary alicyclic amines) is 1. The highest BCUT2D eigenvalue weighted by Gasteiger charge is 2.32. The number of rotatable bonds is 5. The fourth-order valence-electron chi connectivity index (χ4n) is 2.94. The van der Waals surface area contributed by atoms with Crippen molar-refractivity contribution in [2.45, 2.75) is 38.4 Å². The summed E-state index contributed by atoms with van der Waals surface area (Å²) in [4.78, 5) is 22.8. The molecule has 0 spiro atoms. The molecule has 7 nitrogen and oxygen atoms in total. The van der Waals surface area contributed by atoms with Crippen molar-refractivity contribution < 1.29 is 4.79 Å². The van der Waals surface area contributed by atoms with Gasteiger partial charge in [-0.15, -0.1) is 0 Å². The van der Waals surface area contributed by atoms with Gasteiger partial charge in [-0.2, -0.15) is 5.10 Å². The van der Waals surface area contributed by atoms with Gasteiger partial charge in [0.2, 0.25) is 5.91 Å². The molecule has 1 aliphatic heterocycles. The molecule has 2 unspecified atom stereocenters. The monoisotopic (exact) mass is 334 g/mol. The van der Waals surface area contributed by atoms with Gasteiger partial charge in [0.05, 0.1) is 17.6 Å². The van der Waals surface area contributed by atoms with E-state index in [2.05, 4.69) is 25.3 Å². The van der Waals surface area contributed by atoms with Crippen molar-refractivity contribution in [1.82, 2.24) is 24.6 Å². The maximum Gasteiger partial charge on any atom is 0.242 e. The largest absolute Gasteiger partial charge is 0.309 e. The van der Waals surface area contributed by atoms with Gasteiger partial charge in [-0.25, -0.2) is 9.97 Å². The van der Waals surface area contributed by atoms with Crippen LogP contribution in [-0.2, 0) is 11.3 Å². The molecular formula is C15H19ClN6O. The number of carbonyl (C=O) groups excluding carboxylic acids is 1. The number of anilines is 1. The molecule has 122 valence electrons. The SMILES string of the molecule is CC(C(=O)Nc1ccc(Cl)cn1)N1CCCC1Cn1cncn1. The Morgan fingerprint density at radius 2 is 2.39 bits per heavy atom. The molecule has 0 bridgehead atoms. The van der Waals surface area contributed by atoms with Crippen LogP contribution in [-0.4, -0.2) is 49.2 Å². The Labute approximate surface area is 139 Å². The minimum absolute atomic E-state index is 0.0645. The van der Waals surface area contributed by atoms with Gasteiger partial charge in [0.25, 0.3) is 0 Å². The highest BCUT2D eigenvalue weighted by Crippen LogP contribution is 2.22. The molecule has 2 atom stereocenters. The van der Waals surface area contributed by atoms with Crippen LogP contribution in [0.3, 0.4) is 0 Å². The van der Waals surface area contributed by atoms with Crippen LogP contribution in [0.4, 0.5) is 5.82 Å². The second-order valence-electron chi connectivity index (χ2n) is 5.68. The lowest BCUT2D eigenvalue weighted by Crippen LogP contribution is -2.46. The van der Waals surface area contributed by atoms with Crippen LogP contribution in [0.1, 0.15) is 19.8 Å². The third-order valence-corrected chi connectivity index (χ3v) is 4.37. The average Bonchev–Trinajstić information content (AvgIpc) is 3.21. The van der Waals surface area contributed by atoms with Crippen LogP contribution < -0.4 is 5.32 Å². The molecule has 0 aliphatic carbocycles. The van der Waals surface area contributed by atoms with Crippen LogP contribution >= 0.6 is 11.6 Å². The molecule has 3 heterocycles. The molecule has 0 saturated carbocycles. The van der Waals surface area contributed by atoms with Crippen molar-refractivity contribution in [2.75, 3.05) is 11.9 Å². The zero-order valence-corrected chi connectivity index (χ0v) is 13.6. The minimum Gasteiger partial charge on any atom is -0.309 e. The smallest absolute Gasteiger partial charge is 0.242 e. The van der Waals surface area contributed by atoms with Crippen LogP contribution in [0.5, 0.6) is 0 Å². The van der Waals surface area contributed by atoms with E-state index in [4.69, 9.17) is 11.6 Å². The van der Waals surface area contributed by atoms with E-state index >= 15 is 0 Å². The summed E-state index contributed by atoms with van der Waals surface area (Å²) in [7, 11) is 0. The minimum atomic E-state index is -0.233. The van der Waals surface area contributed by atoms with Gasteiger partial charge < -0.3 is 5.32 Å². The lowest BCUT2D eigenvalue weighted by Gasteiger charge is -2.29. The fourth-order valence-corrected chi connectivity index (χ4v) is 3.05. The van der Waals surface area contributed by atoms with Crippen molar-refractivity contribution in [1.29, 1.82) is 0 Å². The van der Waals surface area contributed by atoms with E-state index in [9.17, 15) is 4.79 Å². The molecule has 0 aromatic carbocycles. The number of nitrogens with zero attached hydrogens (tertiary/aromatic N) is 5. The van der Waals surface area contributed by atoms with Gasteiger partial charge >= 0.3 is 0 Å². The molecule has 1 fully saturated rings. The molecule has 1 N–H and O–H groups in total. The van der Waals surface area contributed by atoms with E-state index in [0.717, 1.165) is 25.9 Å². The number of halogens is 1. The highest BCUT2D eigenvalue weighted by molar-refractivity contribution is 6.30. The third kappa shape index (κ3) is 3.86. The number of hydrogen-bond acceptors (Lipinski definition) is 5. The van der Waals surface area contributed by atoms with E-state index in [1.807, 2.05) is 11.6 Å². The molecule has 1 aliphatic rings. The van der Waals surface area contributed by atoms with Crippen LogP contribution in [0.15, 0.2) is 31.0 Å².